The first-order chi connectivity index (χ1) is 21.5. The quantitative estimate of drug-likeness (QED) is 0.0531. The number of allylic oxidation sites excluding steroid dienone is 1. The van der Waals surface area contributed by atoms with Crippen LogP contribution in [0.3, 0.4) is 0 Å². The maximum atomic E-state index is 14.9. The summed E-state index contributed by atoms with van der Waals surface area (Å²) in [5.74, 6) is -0.557. The summed E-state index contributed by atoms with van der Waals surface area (Å²) < 4.78 is 20.1. The molecule has 0 bridgehead atoms. The number of rotatable bonds is 10. The summed E-state index contributed by atoms with van der Waals surface area (Å²) in [4.78, 5) is 11.5. The van der Waals surface area contributed by atoms with E-state index in [4.69, 9.17) is 4.74 Å². The van der Waals surface area contributed by atoms with Gasteiger partial charge >= 0.3 is 5.97 Å². The average molecular weight is 579 g/mol. The van der Waals surface area contributed by atoms with E-state index in [1.54, 1.807) is 6.07 Å². The van der Waals surface area contributed by atoms with E-state index < -0.39 is 0 Å². The van der Waals surface area contributed by atoms with Crippen LogP contribution in [0.5, 0.6) is 0 Å². The molecule has 0 saturated heterocycles. The molecule has 1 aliphatic rings. The van der Waals surface area contributed by atoms with Crippen molar-refractivity contribution in [3.05, 3.63) is 133 Å². The van der Waals surface area contributed by atoms with E-state index in [0.717, 1.165) is 70.2 Å². The maximum Gasteiger partial charge on any atom is 0.330 e. The lowest BCUT2D eigenvalue weighted by molar-refractivity contribution is -0.137. The summed E-state index contributed by atoms with van der Waals surface area (Å²) in [7, 11) is 0. The van der Waals surface area contributed by atoms with E-state index in [1.165, 1.54) is 33.9 Å². The fourth-order valence-electron chi connectivity index (χ4n) is 7.58. The van der Waals surface area contributed by atoms with Gasteiger partial charge in [0.05, 0.1) is 6.61 Å². The molecule has 218 valence electrons. The van der Waals surface area contributed by atoms with E-state index in [2.05, 4.69) is 92.9 Å². The first-order valence-electron chi connectivity index (χ1n) is 15.6. The Labute approximate surface area is 257 Å². The SMILES string of the molecule is C=CC(=O)OCCCCCC1(C(=C)CC)c2ccccc2-c2ccc(-c3ccc4ccc5ccc(F)c6ccc3c4c56)cc21. The van der Waals surface area contributed by atoms with Crippen LogP contribution in [-0.2, 0) is 14.9 Å². The van der Waals surface area contributed by atoms with Crippen LogP contribution in [0.1, 0.15) is 50.2 Å². The minimum Gasteiger partial charge on any atom is -0.463 e. The Bertz CT molecular complexity index is 2090. The van der Waals surface area contributed by atoms with Crippen LogP contribution in [0, 0.1) is 5.82 Å². The standard InChI is InChI=1S/C41H35FO2/c1-4-26(3)41(23-9-6-10-24-44-38(43)5-2)35-12-8-7-11-31(35)32-19-16-29(25-36(32)41)30-18-15-27-13-14-28-17-22-37(42)34-21-20-33(30)39(27)40(28)34/h5,7-8,11-22,25H,2-4,6,9-10,23-24H2,1H3. The van der Waals surface area contributed by atoms with Crippen molar-refractivity contribution in [3.63, 3.8) is 0 Å². The molecule has 0 spiro atoms. The third-order valence-corrected chi connectivity index (χ3v) is 9.72. The Morgan fingerprint density at radius 2 is 1.48 bits per heavy atom. The van der Waals surface area contributed by atoms with Gasteiger partial charge in [0.2, 0.25) is 0 Å². The fourth-order valence-corrected chi connectivity index (χ4v) is 7.58. The average Bonchev–Trinajstić information content (AvgIpc) is 3.35. The number of unbranched alkanes of at least 4 members (excludes halogenated alkanes) is 2. The van der Waals surface area contributed by atoms with Gasteiger partial charge in [-0.2, -0.15) is 0 Å². The largest absolute Gasteiger partial charge is 0.463 e. The molecular formula is C41H35FO2. The smallest absolute Gasteiger partial charge is 0.330 e. The minimum atomic E-state index is -0.371. The number of fused-ring (bicyclic) bond motifs is 3. The second-order valence-electron chi connectivity index (χ2n) is 11.9. The lowest BCUT2D eigenvalue weighted by atomic mass is 9.68. The molecule has 0 radical (unpaired) electrons. The van der Waals surface area contributed by atoms with E-state index in [-0.39, 0.29) is 17.2 Å². The number of ether oxygens (including phenoxy) is 1. The Kier molecular flexibility index (Phi) is 7.05. The number of esters is 1. The van der Waals surface area contributed by atoms with Crippen molar-refractivity contribution in [3.8, 4) is 22.3 Å². The van der Waals surface area contributed by atoms with Gasteiger partial charge in [0.25, 0.3) is 0 Å². The van der Waals surface area contributed by atoms with Crippen LogP contribution >= 0.6 is 0 Å². The third kappa shape index (κ3) is 4.25. The fraction of sp³-hybridized carbons (Fsp3) is 0.195. The topological polar surface area (TPSA) is 26.3 Å². The zero-order valence-electron chi connectivity index (χ0n) is 25.1. The summed E-state index contributed by atoms with van der Waals surface area (Å²) in [6.07, 6.45) is 5.76. The van der Waals surface area contributed by atoms with Gasteiger partial charge in [-0.05, 0) is 86.3 Å². The minimum absolute atomic E-state index is 0.186. The van der Waals surface area contributed by atoms with Crippen molar-refractivity contribution in [1.82, 2.24) is 0 Å². The summed E-state index contributed by atoms with van der Waals surface area (Å²) in [5.41, 5.74) is 8.37. The van der Waals surface area contributed by atoms with Crippen LogP contribution in [0.2, 0.25) is 0 Å². The summed E-state index contributed by atoms with van der Waals surface area (Å²) >= 11 is 0. The number of carbonyl (C=O) groups excluding carboxylic acids is 1. The summed E-state index contributed by atoms with van der Waals surface area (Å²) in [5, 5.41) is 6.08. The molecule has 1 unspecified atom stereocenters. The van der Waals surface area contributed by atoms with Crippen molar-refractivity contribution in [2.45, 2.75) is 44.4 Å². The molecule has 6 aromatic rings. The molecular weight excluding hydrogens is 543 g/mol. The molecule has 0 heterocycles. The number of hydrogen-bond acceptors (Lipinski definition) is 2. The Morgan fingerprint density at radius 3 is 2.27 bits per heavy atom. The second kappa shape index (κ2) is 11.1. The van der Waals surface area contributed by atoms with Gasteiger partial charge in [-0.15, -0.1) is 0 Å². The van der Waals surface area contributed by atoms with Crippen molar-refractivity contribution in [2.75, 3.05) is 6.61 Å². The molecule has 0 amide bonds. The molecule has 0 N–H and O–H groups in total. The molecule has 6 aromatic carbocycles. The third-order valence-electron chi connectivity index (χ3n) is 9.72. The highest BCUT2D eigenvalue weighted by Gasteiger charge is 2.44. The Balaban J connectivity index is 1.35. The zero-order chi connectivity index (χ0) is 30.4. The van der Waals surface area contributed by atoms with E-state index in [0.29, 0.717) is 12.0 Å². The van der Waals surface area contributed by atoms with E-state index in [1.807, 2.05) is 12.1 Å². The van der Waals surface area contributed by atoms with Crippen LogP contribution in [-0.4, -0.2) is 12.6 Å². The summed E-state index contributed by atoms with van der Waals surface area (Å²) in [6.45, 7) is 10.8. The zero-order valence-corrected chi connectivity index (χ0v) is 25.1. The highest BCUT2D eigenvalue weighted by molar-refractivity contribution is 6.25. The van der Waals surface area contributed by atoms with Crippen LogP contribution < -0.4 is 0 Å². The highest BCUT2D eigenvalue weighted by atomic mass is 19.1. The molecule has 1 aliphatic carbocycles. The first-order valence-corrected chi connectivity index (χ1v) is 15.6. The van der Waals surface area contributed by atoms with Gasteiger partial charge in [0, 0.05) is 22.3 Å². The number of benzene rings is 6. The maximum absolute atomic E-state index is 14.9. The number of carbonyl (C=O) groups is 1. The molecule has 3 heteroatoms. The number of halogens is 1. The van der Waals surface area contributed by atoms with E-state index >= 15 is 0 Å². The van der Waals surface area contributed by atoms with Gasteiger partial charge in [0.1, 0.15) is 5.82 Å². The van der Waals surface area contributed by atoms with Gasteiger partial charge in [-0.25, -0.2) is 9.18 Å². The molecule has 0 aliphatic heterocycles. The predicted molar refractivity (Wildman–Crippen MR) is 181 cm³/mol. The van der Waals surface area contributed by atoms with Crippen LogP contribution in [0.15, 0.2) is 116 Å². The normalized spacial score (nSPS) is 15.5. The van der Waals surface area contributed by atoms with Gasteiger partial charge < -0.3 is 4.74 Å². The van der Waals surface area contributed by atoms with Crippen molar-refractivity contribution >= 4 is 38.3 Å². The molecule has 2 nitrogen and oxygen atoms in total. The van der Waals surface area contributed by atoms with Crippen LogP contribution in [0.25, 0.3) is 54.6 Å². The van der Waals surface area contributed by atoms with E-state index in [9.17, 15) is 9.18 Å². The lowest BCUT2D eigenvalue weighted by Gasteiger charge is -2.35. The van der Waals surface area contributed by atoms with Crippen molar-refractivity contribution in [1.29, 1.82) is 0 Å². The summed E-state index contributed by atoms with van der Waals surface area (Å²) in [6, 6.07) is 31.7. The molecule has 0 saturated carbocycles. The molecule has 44 heavy (non-hydrogen) atoms. The van der Waals surface area contributed by atoms with Crippen molar-refractivity contribution < 1.29 is 13.9 Å². The highest BCUT2D eigenvalue weighted by Crippen LogP contribution is 2.56. The predicted octanol–water partition coefficient (Wildman–Crippen LogP) is 10.9. The molecule has 0 aromatic heterocycles. The van der Waals surface area contributed by atoms with Crippen LogP contribution in [0.4, 0.5) is 4.39 Å². The van der Waals surface area contributed by atoms with Gasteiger partial charge in [-0.1, -0.05) is 117 Å². The Morgan fingerprint density at radius 1 is 0.795 bits per heavy atom. The second-order valence-corrected chi connectivity index (χ2v) is 11.9. The first kappa shape index (κ1) is 28.0. The van der Waals surface area contributed by atoms with Crippen molar-refractivity contribution in [2.24, 2.45) is 0 Å². The monoisotopic (exact) mass is 578 g/mol. The molecule has 0 fully saturated rings. The van der Waals surface area contributed by atoms with Gasteiger partial charge in [0.15, 0.2) is 0 Å². The Hall–Kier alpha value is -4.76. The number of hydrogen-bond donors (Lipinski definition) is 0. The molecule has 1 atom stereocenters. The van der Waals surface area contributed by atoms with Gasteiger partial charge in [-0.3, -0.25) is 0 Å². The molecule has 7 rings (SSSR count). The lowest BCUT2D eigenvalue weighted by Crippen LogP contribution is -2.27.